The number of oxazole rings is 1. The second-order valence-electron chi connectivity index (χ2n) is 6.62. The minimum atomic E-state index is -0.291. The number of nitrogens with zero attached hydrogens (tertiary/aromatic N) is 3. The van der Waals surface area contributed by atoms with Gasteiger partial charge >= 0.3 is 5.97 Å². The molecule has 1 aromatic heterocycles. The molecule has 142 valence electrons. The molecule has 7 heteroatoms. The van der Waals surface area contributed by atoms with Crippen LogP contribution in [0.25, 0.3) is 11.1 Å². The SMILES string of the molecule is COc1cc(C#N)ccc1OC(=O)C1CCN(c2nc3ccccc3o2)CC1. The highest BCUT2D eigenvalue weighted by Gasteiger charge is 2.29. The molecule has 7 nitrogen and oxygen atoms in total. The summed E-state index contributed by atoms with van der Waals surface area (Å²) in [5.41, 5.74) is 2.03. The van der Waals surface area contributed by atoms with Crippen LogP contribution in [0.1, 0.15) is 18.4 Å². The Morgan fingerprint density at radius 1 is 1.21 bits per heavy atom. The van der Waals surface area contributed by atoms with Gasteiger partial charge in [-0.3, -0.25) is 4.79 Å². The summed E-state index contributed by atoms with van der Waals surface area (Å²) in [4.78, 5) is 19.1. The van der Waals surface area contributed by atoms with Crippen LogP contribution in [-0.2, 0) is 4.79 Å². The number of benzene rings is 2. The van der Waals surface area contributed by atoms with Gasteiger partial charge in [-0.2, -0.15) is 10.2 Å². The van der Waals surface area contributed by atoms with E-state index < -0.39 is 0 Å². The molecule has 1 fully saturated rings. The zero-order valence-corrected chi connectivity index (χ0v) is 15.4. The largest absolute Gasteiger partial charge is 0.493 e. The standard InChI is InChI=1S/C21H19N3O4/c1-26-19-12-14(13-22)6-7-18(19)27-20(25)15-8-10-24(11-9-15)21-23-16-4-2-3-5-17(16)28-21/h2-7,12,15H,8-11H2,1H3. The number of methoxy groups -OCH3 is 1. The molecule has 0 unspecified atom stereocenters. The van der Waals surface area contributed by atoms with E-state index in [2.05, 4.69) is 4.98 Å². The van der Waals surface area contributed by atoms with Gasteiger partial charge in [0.15, 0.2) is 17.1 Å². The molecule has 0 saturated carbocycles. The predicted octanol–water partition coefficient (Wildman–Crippen LogP) is 3.53. The van der Waals surface area contributed by atoms with Crippen LogP contribution in [0, 0.1) is 17.2 Å². The Balaban J connectivity index is 1.39. The molecule has 1 aliphatic heterocycles. The minimum absolute atomic E-state index is 0.207. The maximum atomic E-state index is 12.6. The van der Waals surface area contributed by atoms with Crippen molar-refractivity contribution in [3.63, 3.8) is 0 Å². The average Bonchev–Trinajstić information content (AvgIpc) is 3.18. The summed E-state index contributed by atoms with van der Waals surface area (Å²) in [5, 5.41) is 8.97. The van der Waals surface area contributed by atoms with Crippen LogP contribution in [0.5, 0.6) is 11.5 Å². The number of ether oxygens (including phenoxy) is 2. The lowest BCUT2D eigenvalue weighted by Gasteiger charge is -2.29. The summed E-state index contributed by atoms with van der Waals surface area (Å²) < 4.78 is 16.6. The first-order valence-corrected chi connectivity index (χ1v) is 9.08. The van der Waals surface area contributed by atoms with Crippen LogP contribution >= 0.6 is 0 Å². The van der Waals surface area contributed by atoms with Crippen LogP contribution in [0.4, 0.5) is 6.01 Å². The zero-order chi connectivity index (χ0) is 19.5. The molecule has 28 heavy (non-hydrogen) atoms. The van der Waals surface area contributed by atoms with Crippen molar-refractivity contribution in [2.45, 2.75) is 12.8 Å². The topological polar surface area (TPSA) is 88.6 Å². The van der Waals surface area contributed by atoms with E-state index in [0.29, 0.717) is 49.0 Å². The molecule has 0 atom stereocenters. The molecule has 0 N–H and O–H groups in total. The second-order valence-corrected chi connectivity index (χ2v) is 6.62. The lowest BCUT2D eigenvalue weighted by atomic mass is 9.97. The highest BCUT2D eigenvalue weighted by Crippen LogP contribution is 2.31. The van der Waals surface area contributed by atoms with Crippen LogP contribution in [-0.4, -0.2) is 31.2 Å². The first kappa shape index (κ1) is 17.9. The molecule has 4 rings (SSSR count). The minimum Gasteiger partial charge on any atom is -0.493 e. The number of nitriles is 1. The lowest BCUT2D eigenvalue weighted by molar-refractivity contribution is -0.139. The molecule has 0 aliphatic carbocycles. The number of anilines is 1. The van der Waals surface area contributed by atoms with Crippen molar-refractivity contribution < 1.29 is 18.7 Å². The van der Waals surface area contributed by atoms with Crippen LogP contribution in [0.3, 0.4) is 0 Å². The third-order valence-corrected chi connectivity index (χ3v) is 4.88. The van der Waals surface area contributed by atoms with Gasteiger partial charge in [0.2, 0.25) is 0 Å². The van der Waals surface area contributed by atoms with Gasteiger partial charge in [0, 0.05) is 19.2 Å². The van der Waals surface area contributed by atoms with Crippen LogP contribution in [0.15, 0.2) is 46.9 Å². The number of hydrogen-bond acceptors (Lipinski definition) is 7. The smallest absolute Gasteiger partial charge is 0.314 e. The maximum Gasteiger partial charge on any atom is 0.314 e. The van der Waals surface area contributed by atoms with Gasteiger partial charge in [-0.1, -0.05) is 12.1 Å². The van der Waals surface area contributed by atoms with E-state index in [1.165, 1.54) is 7.11 Å². The number of fused-ring (bicyclic) bond motifs is 1. The fourth-order valence-electron chi connectivity index (χ4n) is 3.31. The number of hydrogen-bond donors (Lipinski definition) is 0. The van der Waals surface area contributed by atoms with Crippen molar-refractivity contribution in [2.75, 3.05) is 25.1 Å². The van der Waals surface area contributed by atoms with Gasteiger partial charge in [0.1, 0.15) is 5.52 Å². The Kier molecular flexibility index (Phi) is 4.85. The molecule has 1 saturated heterocycles. The molecule has 2 heterocycles. The third-order valence-electron chi connectivity index (χ3n) is 4.88. The summed E-state index contributed by atoms with van der Waals surface area (Å²) in [7, 11) is 1.48. The first-order chi connectivity index (χ1) is 13.7. The summed E-state index contributed by atoms with van der Waals surface area (Å²) in [6.07, 6.45) is 1.30. The molecule has 1 aliphatic rings. The first-order valence-electron chi connectivity index (χ1n) is 9.08. The Hall–Kier alpha value is -3.53. The van der Waals surface area contributed by atoms with Crippen LogP contribution in [0.2, 0.25) is 0 Å². The number of para-hydroxylation sites is 2. The fourth-order valence-corrected chi connectivity index (χ4v) is 3.31. The van der Waals surface area contributed by atoms with E-state index >= 15 is 0 Å². The van der Waals surface area contributed by atoms with Gasteiger partial charge in [-0.15, -0.1) is 0 Å². The van der Waals surface area contributed by atoms with E-state index in [-0.39, 0.29) is 11.9 Å². The van der Waals surface area contributed by atoms with E-state index in [0.717, 1.165) is 11.1 Å². The maximum absolute atomic E-state index is 12.6. The van der Waals surface area contributed by atoms with Crippen molar-refractivity contribution in [2.24, 2.45) is 5.92 Å². The Bertz CT molecular complexity index is 1010. The monoisotopic (exact) mass is 377 g/mol. The quantitative estimate of drug-likeness (QED) is 0.507. The molecule has 0 amide bonds. The summed E-state index contributed by atoms with van der Waals surface area (Å²) in [6, 6.07) is 15.0. The molecule has 0 spiro atoms. The second kappa shape index (κ2) is 7.61. The van der Waals surface area contributed by atoms with E-state index in [1.807, 2.05) is 35.2 Å². The Morgan fingerprint density at radius 2 is 2.00 bits per heavy atom. The molecular weight excluding hydrogens is 358 g/mol. The highest BCUT2D eigenvalue weighted by molar-refractivity contribution is 5.77. The number of aromatic nitrogens is 1. The van der Waals surface area contributed by atoms with E-state index in [1.54, 1.807) is 18.2 Å². The van der Waals surface area contributed by atoms with Gasteiger partial charge < -0.3 is 18.8 Å². The molecular formula is C21H19N3O4. The van der Waals surface area contributed by atoms with Crippen molar-refractivity contribution in [1.82, 2.24) is 4.98 Å². The number of esters is 1. The average molecular weight is 377 g/mol. The number of carbonyl (C=O) groups excluding carboxylic acids is 1. The highest BCUT2D eigenvalue weighted by atomic mass is 16.6. The molecule has 0 bridgehead atoms. The van der Waals surface area contributed by atoms with E-state index in [9.17, 15) is 4.79 Å². The zero-order valence-electron chi connectivity index (χ0n) is 15.4. The molecule has 0 radical (unpaired) electrons. The number of piperidine rings is 1. The number of rotatable bonds is 4. The lowest BCUT2D eigenvalue weighted by Crippen LogP contribution is -2.37. The summed E-state index contributed by atoms with van der Waals surface area (Å²) in [5.74, 6) is 0.199. The molecule has 3 aromatic rings. The van der Waals surface area contributed by atoms with Gasteiger partial charge in [-0.25, -0.2) is 0 Å². The van der Waals surface area contributed by atoms with Crippen molar-refractivity contribution in [1.29, 1.82) is 5.26 Å². The van der Waals surface area contributed by atoms with E-state index in [4.69, 9.17) is 19.2 Å². The van der Waals surface area contributed by atoms with Crippen molar-refractivity contribution in [3.8, 4) is 17.6 Å². The number of carbonyl (C=O) groups is 1. The Labute approximate surface area is 162 Å². The van der Waals surface area contributed by atoms with Crippen molar-refractivity contribution in [3.05, 3.63) is 48.0 Å². The molecule has 2 aromatic carbocycles. The van der Waals surface area contributed by atoms with Gasteiger partial charge in [0.25, 0.3) is 6.01 Å². The summed E-state index contributed by atoms with van der Waals surface area (Å²) >= 11 is 0. The normalized spacial score (nSPS) is 14.6. The predicted molar refractivity (Wildman–Crippen MR) is 102 cm³/mol. The Morgan fingerprint density at radius 3 is 2.71 bits per heavy atom. The third kappa shape index (κ3) is 3.49. The fraction of sp³-hybridized carbons (Fsp3) is 0.286. The van der Waals surface area contributed by atoms with Crippen LogP contribution < -0.4 is 14.4 Å². The van der Waals surface area contributed by atoms with Gasteiger partial charge in [0.05, 0.1) is 24.7 Å². The van der Waals surface area contributed by atoms with Crippen molar-refractivity contribution >= 4 is 23.1 Å². The van der Waals surface area contributed by atoms with Gasteiger partial charge in [-0.05, 0) is 37.1 Å². The summed E-state index contributed by atoms with van der Waals surface area (Å²) in [6.45, 7) is 1.33.